The second-order valence-corrected chi connectivity index (χ2v) is 6.99. The minimum atomic E-state index is -4.85. The lowest BCUT2D eigenvalue weighted by atomic mass is 9.78. The predicted octanol–water partition coefficient (Wildman–Crippen LogP) is 1.65. The summed E-state index contributed by atoms with van der Waals surface area (Å²) in [6, 6.07) is -1.93. The first-order chi connectivity index (χ1) is 8.85. The van der Waals surface area contributed by atoms with Crippen molar-refractivity contribution in [3.63, 3.8) is 0 Å². The van der Waals surface area contributed by atoms with Gasteiger partial charge in [-0.3, -0.25) is 4.79 Å². The average molecular weight is 297 g/mol. The molecule has 3 unspecified atom stereocenters. The second-order valence-electron chi connectivity index (χ2n) is 5.18. The number of aliphatic carboxylic acids is 1. The van der Waals surface area contributed by atoms with Crippen LogP contribution in [0.1, 0.15) is 38.5 Å². The molecule has 1 aliphatic heterocycles. The summed E-state index contributed by atoms with van der Waals surface area (Å²) in [6.07, 6.45) is 3.66. The van der Waals surface area contributed by atoms with E-state index in [4.69, 9.17) is 5.11 Å². The van der Waals surface area contributed by atoms with Crippen LogP contribution < -0.4 is 0 Å². The molecule has 0 aromatic carbocycles. The highest BCUT2D eigenvalue weighted by molar-refractivity contribution is 7.89. The van der Waals surface area contributed by atoms with Gasteiger partial charge in [-0.25, -0.2) is 8.42 Å². The summed E-state index contributed by atoms with van der Waals surface area (Å²) in [5.74, 6) is -4.89. The van der Waals surface area contributed by atoms with E-state index < -0.39 is 33.8 Å². The lowest BCUT2D eigenvalue weighted by Crippen LogP contribution is -2.58. The lowest BCUT2D eigenvalue weighted by molar-refractivity contribution is -0.144. The number of alkyl halides is 2. The highest BCUT2D eigenvalue weighted by Crippen LogP contribution is 2.40. The predicted molar refractivity (Wildman–Crippen MR) is 63.2 cm³/mol. The molecule has 19 heavy (non-hydrogen) atoms. The van der Waals surface area contributed by atoms with Crippen molar-refractivity contribution in [1.29, 1.82) is 0 Å². The van der Waals surface area contributed by atoms with Gasteiger partial charge < -0.3 is 5.11 Å². The number of fused-ring (bicyclic) bond motifs is 1. The molecule has 0 bridgehead atoms. The number of hydrogen-bond donors (Lipinski definition) is 1. The monoisotopic (exact) mass is 297 g/mol. The highest BCUT2D eigenvalue weighted by atomic mass is 32.2. The lowest BCUT2D eigenvalue weighted by Gasteiger charge is -2.45. The van der Waals surface area contributed by atoms with E-state index >= 15 is 0 Å². The summed E-state index contributed by atoms with van der Waals surface area (Å²) >= 11 is 0. The topological polar surface area (TPSA) is 74.7 Å². The molecule has 0 amide bonds. The van der Waals surface area contributed by atoms with Crippen LogP contribution in [0.4, 0.5) is 8.78 Å². The summed E-state index contributed by atoms with van der Waals surface area (Å²) in [5, 5.41) is 9.09. The average Bonchev–Trinajstić information content (AvgIpc) is 2.36. The third-order valence-electron chi connectivity index (χ3n) is 4.12. The number of nitrogens with zero attached hydrogens (tertiary/aromatic N) is 1. The largest absolute Gasteiger partial charge is 0.480 e. The van der Waals surface area contributed by atoms with Crippen molar-refractivity contribution in [1.82, 2.24) is 4.31 Å². The van der Waals surface area contributed by atoms with Crippen molar-refractivity contribution >= 4 is 16.0 Å². The molecule has 0 spiro atoms. The van der Waals surface area contributed by atoms with Crippen LogP contribution in [-0.4, -0.2) is 41.6 Å². The van der Waals surface area contributed by atoms with Gasteiger partial charge in [0.25, 0.3) is 10.0 Å². The van der Waals surface area contributed by atoms with Crippen molar-refractivity contribution in [2.75, 3.05) is 0 Å². The van der Waals surface area contributed by atoms with Crippen molar-refractivity contribution in [3.05, 3.63) is 0 Å². The van der Waals surface area contributed by atoms with Gasteiger partial charge in [0.15, 0.2) is 0 Å². The molecule has 2 rings (SSSR count). The van der Waals surface area contributed by atoms with Gasteiger partial charge in [0.05, 0.1) is 0 Å². The van der Waals surface area contributed by atoms with Gasteiger partial charge in [0.1, 0.15) is 6.04 Å². The van der Waals surface area contributed by atoms with Gasteiger partial charge in [0.2, 0.25) is 0 Å². The Morgan fingerprint density at radius 3 is 2.37 bits per heavy atom. The molecular weight excluding hydrogens is 280 g/mol. The molecule has 0 aromatic rings. The molecule has 1 aliphatic carbocycles. The maximum atomic E-state index is 12.8. The number of halogens is 2. The van der Waals surface area contributed by atoms with E-state index in [0.717, 1.165) is 19.3 Å². The highest BCUT2D eigenvalue weighted by Gasteiger charge is 2.49. The Hall–Kier alpha value is -0.760. The van der Waals surface area contributed by atoms with E-state index in [2.05, 4.69) is 0 Å². The molecule has 1 saturated heterocycles. The molecule has 1 N–H and O–H groups in total. The Bertz CT molecular complexity index is 454. The van der Waals surface area contributed by atoms with Crippen LogP contribution in [0, 0.1) is 5.92 Å². The maximum absolute atomic E-state index is 12.8. The van der Waals surface area contributed by atoms with Crippen LogP contribution in [0.5, 0.6) is 0 Å². The molecule has 1 saturated carbocycles. The van der Waals surface area contributed by atoms with Crippen LogP contribution >= 0.6 is 0 Å². The fraction of sp³-hybridized carbons (Fsp3) is 0.909. The standard InChI is InChI=1S/C11H17F2NO4S/c12-11(13)19(17,18)14-8-4-2-1-3-7(8)5-6-9(14)10(15)16/h7-9,11H,1-6H2,(H,15,16). The Kier molecular flexibility index (Phi) is 4.10. The molecule has 2 aliphatic rings. The zero-order valence-corrected chi connectivity index (χ0v) is 11.2. The molecule has 2 fully saturated rings. The van der Waals surface area contributed by atoms with Gasteiger partial charge in [0, 0.05) is 6.04 Å². The zero-order chi connectivity index (χ0) is 14.2. The van der Waals surface area contributed by atoms with Crippen molar-refractivity contribution in [2.24, 2.45) is 5.92 Å². The third kappa shape index (κ3) is 2.60. The van der Waals surface area contributed by atoms with E-state index in [9.17, 15) is 22.0 Å². The van der Waals surface area contributed by atoms with E-state index in [1.54, 1.807) is 0 Å². The SMILES string of the molecule is O=C(O)C1CCC2CCCCC2N1S(=O)(=O)C(F)F. The van der Waals surface area contributed by atoms with Crippen molar-refractivity contribution in [3.8, 4) is 0 Å². The molecule has 0 radical (unpaired) electrons. The Labute approximate surface area is 110 Å². The van der Waals surface area contributed by atoms with Gasteiger partial charge in [-0.05, 0) is 31.6 Å². The molecule has 110 valence electrons. The first-order valence-corrected chi connectivity index (χ1v) is 7.89. The van der Waals surface area contributed by atoms with Gasteiger partial charge in [-0.1, -0.05) is 12.8 Å². The Balaban J connectivity index is 2.37. The number of sulfonamides is 1. The van der Waals surface area contributed by atoms with E-state index in [1.807, 2.05) is 0 Å². The normalized spacial score (nSPS) is 33.1. The molecule has 1 heterocycles. The number of carbonyl (C=O) groups is 1. The maximum Gasteiger partial charge on any atom is 0.350 e. The fourth-order valence-corrected chi connectivity index (χ4v) is 4.67. The third-order valence-corrected chi connectivity index (χ3v) is 5.68. The van der Waals surface area contributed by atoms with Crippen LogP contribution in [0.25, 0.3) is 0 Å². The summed E-state index contributed by atoms with van der Waals surface area (Å²) in [7, 11) is -4.85. The van der Waals surface area contributed by atoms with Gasteiger partial charge >= 0.3 is 11.7 Å². The van der Waals surface area contributed by atoms with Gasteiger partial charge in [-0.15, -0.1) is 0 Å². The van der Waals surface area contributed by atoms with E-state index in [1.165, 1.54) is 0 Å². The Morgan fingerprint density at radius 2 is 1.79 bits per heavy atom. The van der Waals surface area contributed by atoms with E-state index in [0.29, 0.717) is 17.1 Å². The Morgan fingerprint density at radius 1 is 1.16 bits per heavy atom. The first-order valence-electron chi connectivity index (χ1n) is 6.39. The molecule has 8 heteroatoms. The smallest absolute Gasteiger partial charge is 0.350 e. The zero-order valence-electron chi connectivity index (χ0n) is 10.3. The first kappa shape index (κ1) is 14.6. The number of carboxylic acids is 1. The van der Waals surface area contributed by atoms with Crippen molar-refractivity contribution < 1.29 is 27.1 Å². The second kappa shape index (κ2) is 5.32. The number of rotatable bonds is 3. The molecule has 5 nitrogen and oxygen atoms in total. The molecule has 0 aromatic heterocycles. The minimum absolute atomic E-state index is 0.0119. The van der Waals surface area contributed by atoms with Crippen LogP contribution in [0.2, 0.25) is 0 Å². The summed E-state index contributed by atoms with van der Waals surface area (Å²) in [5.41, 5.74) is 0. The molecular formula is C11H17F2NO4S. The quantitative estimate of drug-likeness (QED) is 0.859. The van der Waals surface area contributed by atoms with Crippen LogP contribution in [0.15, 0.2) is 0 Å². The number of carboxylic acid groups (broad SMARTS) is 1. The number of hydrogen-bond acceptors (Lipinski definition) is 3. The van der Waals surface area contributed by atoms with Crippen LogP contribution in [-0.2, 0) is 14.8 Å². The summed E-state index contributed by atoms with van der Waals surface area (Å²) < 4.78 is 49.7. The molecule has 3 atom stereocenters. The summed E-state index contributed by atoms with van der Waals surface area (Å²) in [6.45, 7) is 0. The number of piperidine rings is 1. The summed E-state index contributed by atoms with van der Waals surface area (Å²) in [4.78, 5) is 11.2. The van der Waals surface area contributed by atoms with Crippen LogP contribution in [0.3, 0.4) is 0 Å². The fourth-order valence-electron chi connectivity index (χ4n) is 3.28. The minimum Gasteiger partial charge on any atom is -0.480 e. The van der Waals surface area contributed by atoms with E-state index in [-0.39, 0.29) is 12.3 Å². The van der Waals surface area contributed by atoms with Gasteiger partial charge in [-0.2, -0.15) is 13.1 Å². The van der Waals surface area contributed by atoms with Crippen molar-refractivity contribution in [2.45, 2.75) is 56.4 Å².